The van der Waals surface area contributed by atoms with Gasteiger partial charge < -0.3 is 10.1 Å². The lowest BCUT2D eigenvalue weighted by atomic mass is 9.75. The van der Waals surface area contributed by atoms with Gasteiger partial charge in [-0.05, 0) is 47.7 Å². The van der Waals surface area contributed by atoms with E-state index < -0.39 is 0 Å². The Kier molecular flexibility index (Phi) is 3.77. The zero-order valence-electron chi connectivity index (χ0n) is 13.2. The van der Waals surface area contributed by atoms with Gasteiger partial charge in [0.05, 0.1) is 29.4 Å². The molecular formula is C19H17ClN2O2. The van der Waals surface area contributed by atoms with E-state index in [1.54, 1.807) is 24.5 Å². The first kappa shape index (κ1) is 15.2. The Balaban J connectivity index is 1.87. The number of carbonyl (C=O) groups is 1. The molecule has 0 radical (unpaired) electrons. The summed E-state index contributed by atoms with van der Waals surface area (Å²) in [5.41, 5.74) is 3.53. The molecule has 0 saturated carbocycles. The molecule has 2 aliphatic rings. The Hall–Kier alpha value is -2.33. The molecule has 1 aromatic carbocycles. The summed E-state index contributed by atoms with van der Waals surface area (Å²) in [6.07, 6.45) is 8.92. The second-order valence-electron chi connectivity index (χ2n) is 6.13. The molecule has 5 heteroatoms. The van der Waals surface area contributed by atoms with Crippen LogP contribution in [0, 0.1) is 5.92 Å². The molecule has 0 spiro atoms. The van der Waals surface area contributed by atoms with Crippen LogP contribution in [-0.2, 0) is 4.74 Å². The maximum absolute atomic E-state index is 12.2. The first-order valence-corrected chi connectivity index (χ1v) is 8.32. The van der Waals surface area contributed by atoms with Crippen molar-refractivity contribution in [2.45, 2.75) is 18.4 Å². The highest BCUT2D eigenvalue weighted by Gasteiger charge is 2.40. The van der Waals surface area contributed by atoms with Gasteiger partial charge in [0, 0.05) is 18.3 Å². The van der Waals surface area contributed by atoms with Crippen molar-refractivity contribution in [1.29, 1.82) is 0 Å². The average Bonchev–Trinajstić information content (AvgIpc) is 3.11. The second-order valence-corrected chi connectivity index (χ2v) is 6.54. The van der Waals surface area contributed by atoms with Gasteiger partial charge in [-0.2, -0.15) is 0 Å². The molecule has 0 unspecified atom stereocenters. The molecular weight excluding hydrogens is 324 g/mol. The van der Waals surface area contributed by atoms with Crippen LogP contribution in [-0.4, -0.2) is 18.1 Å². The molecule has 4 rings (SSSR count). The van der Waals surface area contributed by atoms with Crippen molar-refractivity contribution in [2.75, 3.05) is 12.4 Å². The van der Waals surface area contributed by atoms with Gasteiger partial charge in [0.1, 0.15) is 0 Å². The number of methoxy groups -OCH3 is 1. The number of hydrogen-bond acceptors (Lipinski definition) is 4. The molecule has 122 valence electrons. The summed E-state index contributed by atoms with van der Waals surface area (Å²) in [6.45, 7) is 0. The minimum absolute atomic E-state index is 0.130. The molecule has 0 amide bonds. The van der Waals surface area contributed by atoms with Crippen LogP contribution in [0.2, 0.25) is 5.02 Å². The van der Waals surface area contributed by atoms with Crippen LogP contribution >= 0.6 is 11.6 Å². The second kappa shape index (κ2) is 5.95. The van der Waals surface area contributed by atoms with Gasteiger partial charge in [-0.25, -0.2) is 4.79 Å². The summed E-state index contributed by atoms with van der Waals surface area (Å²) < 4.78 is 4.96. The van der Waals surface area contributed by atoms with Gasteiger partial charge in [-0.3, -0.25) is 4.98 Å². The summed E-state index contributed by atoms with van der Waals surface area (Å²) in [7, 11) is 1.40. The first-order chi connectivity index (χ1) is 11.7. The van der Waals surface area contributed by atoms with Crippen molar-refractivity contribution in [1.82, 2.24) is 4.98 Å². The average molecular weight is 341 g/mol. The number of carbonyl (C=O) groups excluding carboxylic acids is 1. The van der Waals surface area contributed by atoms with Crippen molar-refractivity contribution in [3.8, 4) is 0 Å². The van der Waals surface area contributed by atoms with Gasteiger partial charge in [-0.15, -0.1) is 0 Å². The zero-order valence-corrected chi connectivity index (χ0v) is 14.0. The van der Waals surface area contributed by atoms with Crippen molar-refractivity contribution in [3.05, 3.63) is 70.5 Å². The SMILES string of the molecule is COC(=O)c1ccc(Cl)c2c1[C@@H]1C=CC[C@H]1[C@H](c1ccncc1)N2. The number of esters is 1. The molecule has 0 bridgehead atoms. The molecule has 2 aromatic rings. The molecule has 1 aliphatic carbocycles. The van der Waals surface area contributed by atoms with E-state index in [0.717, 1.165) is 17.7 Å². The molecule has 1 aromatic heterocycles. The summed E-state index contributed by atoms with van der Waals surface area (Å²) in [5, 5.41) is 4.19. The van der Waals surface area contributed by atoms with E-state index >= 15 is 0 Å². The van der Waals surface area contributed by atoms with E-state index in [0.29, 0.717) is 16.5 Å². The number of anilines is 1. The van der Waals surface area contributed by atoms with Crippen molar-refractivity contribution < 1.29 is 9.53 Å². The lowest BCUT2D eigenvalue weighted by molar-refractivity contribution is 0.0598. The summed E-state index contributed by atoms with van der Waals surface area (Å²) in [4.78, 5) is 16.3. The standard InChI is InChI=1S/C19H17ClN2O2/c1-24-19(23)14-5-6-15(20)18-16(14)12-3-2-4-13(12)17(22-18)11-7-9-21-10-8-11/h2-3,5-10,12-13,17,22H,4H2,1H3/t12-,13-,17+/m1/s1. The minimum atomic E-state index is -0.328. The summed E-state index contributed by atoms with van der Waals surface area (Å²) in [5.74, 6) is 0.153. The van der Waals surface area contributed by atoms with E-state index in [2.05, 4.69) is 22.5 Å². The zero-order chi connectivity index (χ0) is 16.7. The van der Waals surface area contributed by atoms with Crippen molar-refractivity contribution >= 4 is 23.3 Å². The third-order valence-electron chi connectivity index (χ3n) is 4.94. The molecule has 1 aliphatic heterocycles. The van der Waals surface area contributed by atoms with Crippen LogP contribution in [0.15, 0.2) is 48.8 Å². The fourth-order valence-electron chi connectivity index (χ4n) is 3.86. The van der Waals surface area contributed by atoms with E-state index in [1.807, 2.05) is 12.1 Å². The first-order valence-electron chi connectivity index (χ1n) is 7.94. The minimum Gasteiger partial charge on any atom is -0.465 e. The Bertz CT molecular complexity index is 820. The topological polar surface area (TPSA) is 51.2 Å². The molecule has 4 nitrogen and oxygen atoms in total. The number of allylic oxidation sites excluding steroid dienone is 2. The predicted molar refractivity (Wildman–Crippen MR) is 93.4 cm³/mol. The Morgan fingerprint density at radius 2 is 2.08 bits per heavy atom. The fraction of sp³-hybridized carbons (Fsp3) is 0.263. The third-order valence-corrected chi connectivity index (χ3v) is 5.25. The van der Waals surface area contributed by atoms with Gasteiger partial charge in [-0.1, -0.05) is 23.8 Å². The van der Waals surface area contributed by atoms with Crippen LogP contribution in [0.3, 0.4) is 0 Å². The fourth-order valence-corrected chi connectivity index (χ4v) is 4.08. The predicted octanol–water partition coefficient (Wildman–Crippen LogP) is 4.35. The molecule has 3 atom stereocenters. The lowest BCUT2D eigenvalue weighted by Gasteiger charge is -2.38. The highest BCUT2D eigenvalue weighted by Crippen LogP contribution is 2.52. The summed E-state index contributed by atoms with van der Waals surface area (Å²) in [6, 6.07) is 7.69. The van der Waals surface area contributed by atoms with Crippen LogP contribution < -0.4 is 5.32 Å². The Morgan fingerprint density at radius 1 is 1.29 bits per heavy atom. The number of nitrogens with one attached hydrogen (secondary N) is 1. The molecule has 0 saturated heterocycles. The van der Waals surface area contributed by atoms with E-state index in [1.165, 1.54) is 12.7 Å². The number of nitrogens with zero attached hydrogens (tertiary/aromatic N) is 1. The number of pyridine rings is 1. The maximum Gasteiger partial charge on any atom is 0.338 e. The number of ether oxygens (including phenoxy) is 1. The van der Waals surface area contributed by atoms with Gasteiger partial charge in [0.2, 0.25) is 0 Å². The van der Waals surface area contributed by atoms with Crippen LogP contribution in [0.1, 0.15) is 39.9 Å². The van der Waals surface area contributed by atoms with Gasteiger partial charge in [0.15, 0.2) is 0 Å². The number of rotatable bonds is 2. The summed E-state index contributed by atoms with van der Waals surface area (Å²) >= 11 is 6.45. The lowest BCUT2D eigenvalue weighted by Crippen LogP contribution is -2.30. The highest BCUT2D eigenvalue weighted by atomic mass is 35.5. The number of benzene rings is 1. The third kappa shape index (κ3) is 2.29. The molecule has 0 fully saturated rings. The molecule has 1 N–H and O–H groups in total. The highest BCUT2D eigenvalue weighted by molar-refractivity contribution is 6.33. The van der Waals surface area contributed by atoms with Crippen LogP contribution in [0.25, 0.3) is 0 Å². The Morgan fingerprint density at radius 3 is 2.83 bits per heavy atom. The normalized spacial score (nSPS) is 24.0. The van der Waals surface area contributed by atoms with Crippen LogP contribution in [0.4, 0.5) is 5.69 Å². The Labute approximate surface area is 145 Å². The van der Waals surface area contributed by atoms with Gasteiger partial charge >= 0.3 is 5.97 Å². The van der Waals surface area contributed by atoms with E-state index in [4.69, 9.17) is 16.3 Å². The van der Waals surface area contributed by atoms with E-state index in [9.17, 15) is 4.79 Å². The largest absolute Gasteiger partial charge is 0.465 e. The number of fused-ring (bicyclic) bond motifs is 3. The quantitative estimate of drug-likeness (QED) is 0.652. The van der Waals surface area contributed by atoms with E-state index in [-0.39, 0.29) is 17.9 Å². The van der Waals surface area contributed by atoms with Crippen molar-refractivity contribution in [2.24, 2.45) is 5.92 Å². The number of halogens is 1. The van der Waals surface area contributed by atoms with Crippen molar-refractivity contribution in [3.63, 3.8) is 0 Å². The number of hydrogen-bond donors (Lipinski definition) is 1. The van der Waals surface area contributed by atoms with Crippen LogP contribution in [0.5, 0.6) is 0 Å². The monoisotopic (exact) mass is 340 g/mol. The number of aromatic nitrogens is 1. The maximum atomic E-state index is 12.2. The van der Waals surface area contributed by atoms with Gasteiger partial charge in [0.25, 0.3) is 0 Å². The molecule has 2 heterocycles. The molecule has 24 heavy (non-hydrogen) atoms. The smallest absolute Gasteiger partial charge is 0.338 e.